The summed E-state index contributed by atoms with van der Waals surface area (Å²) >= 11 is 0. The lowest BCUT2D eigenvalue weighted by Crippen LogP contribution is -2.35. The van der Waals surface area contributed by atoms with Gasteiger partial charge in [-0.2, -0.15) is 0 Å². The van der Waals surface area contributed by atoms with E-state index in [0.29, 0.717) is 11.5 Å². The molecule has 150 valence electrons. The molecule has 1 aromatic heterocycles. The highest BCUT2D eigenvalue weighted by atomic mass is 16.5. The maximum Gasteiger partial charge on any atom is 0.251 e. The topological polar surface area (TPSA) is 67.5 Å². The van der Waals surface area contributed by atoms with Crippen molar-refractivity contribution in [3.63, 3.8) is 0 Å². The number of morpholine rings is 1. The molecule has 1 fully saturated rings. The molecule has 0 amide bonds. The molecular weight excluding hydrogens is 366 g/mol. The molecule has 2 aromatic carbocycles. The van der Waals surface area contributed by atoms with Crippen molar-refractivity contribution in [2.24, 2.45) is 0 Å². The van der Waals surface area contributed by atoms with Crippen molar-refractivity contribution >= 4 is 0 Å². The first-order valence-electron chi connectivity index (χ1n) is 9.90. The van der Waals surface area contributed by atoms with Gasteiger partial charge < -0.3 is 14.5 Å². The van der Waals surface area contributed by atoms with Gasteiger partial charge in [0.1, 0.15) is 17.7 Å². The molecule has 1 aliphatic heterocycles. The van der Waals surface area contributed by atoms with E-state index in [0.717, 1.165) is 49.7 Å². The normalized spacial score (nSPS) is 15.8. The molecule has 0 aliphatic carbocycles. The number of aromatic nitrogens is 2. The summed E-state index contributed by atoms with van der Waals surface area (Å²) in [6.07, 6.45) is -0.343. The van der Waals surface area contributed by atoms with Gasteiger partial charge in [-0.1, -0.05) is 42.5 Å². The molecule has 0 saturated carbocycles. The smallest absolute Gasteiger partial charge is 0.251 e. The Bertz CT molecular complexity index is 998. The van der Waals surface area contributed by atoms with Gasteiger partial charge in [-0.3, -0.25) is 9.69 Å². The Morgan fingerprint density at radius 3 is 2.62 bits per heavy atom. The average molecular weight is 391 g/mol. The number of hydrogen-bond donors (Lipinski definition) is 1. The number of nitrogens with one attached hydrogen (secondary N) is 1. The molecule has 29 heavy (non-hydrogen) atoms. The molecule has 1 aliphatic rings. The van der Waals surface area contributed by atoms with Crippen LogP contribution in [0.25, 0.3) is 11.4 Å². The molecular formula is C23H25N3O3. The van der Waals surface area contributed by atoms with Crippen LogP contribution in [0.15, 0.2) is 65.5 Å². The Labute approximate surface area is 170 Å². The third-order valence-corrected chi connectivity index (χ3v) is 5.00. The first-order chi connectivity index (χ1) is 14.2. The van der Waals surface area contributed by atoms with Crippen molar-refractivity contribution in [2.75, 3.05) is 26.3 Å². The molecule has 1 saturated heterocycles. The van der Waals surface area contributed by atoms with E-state index in [-0.39, 0.29) is 11.7 Å². The van der Waals surface area contributed by atoms with E-state index >= 15 is 0 Å². The molecule has 1 unspecified atom stereocenters. The largest absolute Gasteiger partial charge is 0.484 e. The fraction of sp³-hybridized carbons (Fsp3) is 0.304. The van der Waals surface area contributed by atoms with Crippen LogP contribution in [0.2, 0.25) is 0 Å². The summed E-state index contributed by atoms with van der Waals surface area (Å²) in [6.45, 7) is 6.00. The van der Waals surface area contributed by atoms with Crippen LogP contribution in [0.5, 0.6) is 5.75 Å². The Balaban J connectivity index is 1.61. The zero-order valence-corrected chi connectivity index (χ0v) is 16.5. The summed E-state index contributed by atoms with van der Waals surface area (Å²) < 4.78 is 11.4. The monoisotopic (exact) mass is 391 g/mol. The van der Waals surface area contributed by atoms with Crippen molar-refractivity contribution in [1.82, 2.24) is 14.9 Å². The van der Waals surface area contributed by atoms with E-state index in [4.69, 9.17) is 14.5 Å². The van der Waals surface area contributed by atoms with Gasteiger partial charge in [0.2, 0.25) is 0 Å². The second-order valence-corrected chi connectivity index (χ2v) is 7.14. The summed E-state index contributed by atoms with van der Waals surface area (Å²) in [6, 6.07) is 19.1. The van der Waals surface area contributed by atoms with Crippen molar-refractivity contribution in [2.45, 2.75) is 19.6 Å². The highest BCUT2D eigenvalue weighted by Gasteiger charge is 2.17. The predicted molar refractivity (Wildman–Crippen MR) is 112 cm³/mol. The predicted octanol–water partition coefficient (Wildman–Crippen LogP) is 3.41. The standard InChI is InChI=1S/C23H25N3O3/c1-17(29-19-8-3-2-4-9-19)21-15-22(27)25-23(24-21)20-10-6-5-7-18(20)16-26-11-13-28-14-12-26/h2-10,15,17H,11-14,16H2,1H3,(H,24,25,27). The lowest BCUT2D eigenvalue weighted by molar-refractivity contribution is 0.0342. The minimum Gasteiger partial charge on any atom is -0.484 e. The van der Waals surface area contributed by atoms with Gasteiger partial charge in [-0.15, -0.1) is 0 Å². The zero-order valence-electron chi connectivity index (χ0n) is 16.5. The van der Waals surface area contributed by atoms with E-state index in [1.54, 1.807) is 0 Å². The van der Waals surface area contributed by atoms with Crippen LogP contribution in [-0.2, 0) is 11.3 Å². The van der Waals surface area contributed by atoms with Crippen molar-refractivity contribution in [3.05, 3.63) is 82.3 Å². The zero-order chi connectivity index (χ0) is 20.1. The van der Waals surface area contributed by atoms with Crippen LogP contribution in [0.1, 0.15) is 24.3 Å². The molecule has 2 heterocycles. The number of H-pyrrole nitrogens is 1. The van der Waals surface area contributed by atoms with Crippen LogP contribution in [0.3, 0.4) is 0 Å². The number of benzene rings is 2. The van der Waals surface area contributed by atoms with Gasteiger partial charge >= 0.3 is 0 Å². The molecule has 1 atom stereocenters. The number of rotatable bonds is 6. The summed E-state index contributed by atoms with van der Waals surface area (Å²) in [5, 5.41) is 0. The third kappa shape index (κ3) is 4.91. The molecule has 0 bridgehead atoms. The number of para-hydroxylation sites is 1. The highest BCUT2D eigenvalue weighted by Crippen LogP contribution is 2.24. The quantitative estimate of drug-likeness (QED) is 0.698. The van der Waals surface area contributed by atoms with Gasteiger partial charge in [0, 0.05) is 31.3 Å². The summed E-state index contributed by atoms with van der Waals surface area (Å²) in [5.41, 5.74) is 2.49. The molecule has 1 N–H and O–H groups in total. The van der Waals surface area contributed by atoms with Crippen LogP contribution < -0.4 is 10.3 Å². The van der Waals surface area contributed by atoms with Crippen LogP contribution in [0, 0.1) is 0 Å². The maximum atomic E-state index is 12.4. The number of aromatic amines is 1. The molecule has 3 aromatic rings. The second kappa shape index (κ2) is 9.03. The molecule has 4 rings (SSSR count). The van der Waals surface area contributed by atoms with Crippen LogP contribution in [-0.4, -0.2) is 41.2 Å². The Morgan fingerprint density at radius 2 is 1.83 bits per heavy atom. The van der Waals surface area contributed by atoms with Gasteiger partial charge in [-0.25, -0.2) is 4.98 Å². The minimum atomic E-state index is -0.343. The van der Waals surface area contributed by atoms with E-state index in [9.17, 15) is 4.79 Å². The lowest BCUT2D eigenvalue weighted by atomic mass is 10.1. The van der Waals surface area contributed by atoms with E-state index in [1.165, 1.54) is 6.07 Å². The van der Waals surface area contributed by atoms with Gasteiger partial charge in [-0.05, 0) is 24.6 Å². The molecule has 6 nitrogen and oxygen atoms in total. The van der Waals surface area contributed by atoms with Gasteiger partial charge in [0.05, 0.1) is 18.9 Å². The number of nitrogens with zero attached hydrogens (tertiary/aromatic N) is 2. The third-order valence-electron chi connectivity index (χ3n) is 5.00. The Kier molecular flexibility index (Phi) is 6.03. The maximum absolute atomic E-state index is 12.4. The van der Waals surface area contributed by atoms with Crippen molar-refractivity contribution in [1.29, 1.82) is 0 Å². The Hall–Kier alpha value is -2.96. The summed E-state index contributed by atoms with van der Waals surface area (Å²) in [7, 11) is 0. The Morgan fingerprint density at radius 1 is 1.10 bits per heavy atom. The van der Waals surface area contributed by atoms with Crippen LogP contribution >= 0.6 is 0 Å². The fourth-order valence-corrected chi connectivity index (χ4v) is 3.47. The first kappa shape index (κ1) is 19.4. The molecule has 0 spiro atoms. The van der Waals surface area contributed by atoms with E-state index in [2.05, 4.69) is 16.0 Å². The summed E-state index contributed by atoms with van der Waals surface area (Å²) in [4.78, 5) is 22.3. The second-order valence-electron chi connectivity index (χ2n) is 7.14. The summed E-state index contributed by atoms with van der Waals surface area (Å²) in [5.74, 6) is 1.32. The fourth-order valence-electron chi connectivity index (χ4n) is 3.47. The van der Waals surface area contributed by atoms with E-state index in [1.807, 2.05) is 55.5 Å². The van der Waals surface area contributed by atoms with Crippen molar-refractivity contribution in [3.8, 4) is 17.1 Å². The average Bonchev–Trinajstić information content (AvgIpc) is 2.75. The molecule has 6 heteroatoms. The van der Waals surface area contributed by atoms with Crippen molar-refractivity contribution < 1.29 is 9.47 Å². The lowest BCUT2D eigenvalue weighted by Gasteiger charge is -2.27. The minimum absolute atomic E-state index is 0.185. The van der Waals surface area contributed by atoms with Gasteiger partial charge in [0.25, 0.3) is 5.56 Å². The highest BCUT2D eigenvalue weighted by molar-refractivity contribution is 5.60. The van der Waals surface area contributed by atoms with E-state index < -0.39 is 0 Å². The number of ether oxygens (including phenoxy) is 2. The first-order valence-corrected chi connectivity index (χ1v) is 9.90. The van der Waals surface area contributed by atoms with Crippen LogP contribution in [0.4, 0.5) is 0 Å². The SMILES string of the molecule is CC(Oc1ccccc1)c1cc(=O)[nH]c(-c2ccccc2CN2CCOCC2)n1. The number of hydrogen-bond acceptors (Lipinski definition) is 5. The van der Waals surface area contributed by atoms with Gasteiger partial charge in [0.15, 0.2) is 0 Å². The molecule has 0 radical (unpaired) electrons.